The van der Waals surface area contributed by atoms with Gasteiger partial charge in [0.15, 0.2) is 5.78 Å². The van der Waals surface area contributed by atoms with Gasteiger partial charge in [0.05, 0.1) is 19.3 Å². The van der Waals surface area contributed by atoms with E-state index in [1.807, 2.05) is 39.0 Å². The van der Waals surface area contributed by atoms with Gasteiger partial charge in [-0.05, 0) is 56.1 Å². The van der Waals surface area contributed by atoms with Crippen LogP contribution < -0.4 is 5.19 Å². The number of ketones is 1. The number of nitrogens with zero attached hydrogens (tertiary/aromatic N) is 2. The molecule has 0 aliphatic rings. The summed E-state index contributed by atoms with van der Waals surface area (Å²) in [6.45, 7) is 19.9. The van der Waals surface area contributed by atoms with Crippen molar-refractivity contribution < 1.29 is 30.0 Å². The minimum atomic E-state index is -1.55. The largest absolute Gasteiger partial charge is 0.512 e. The number of aliphatic hydroxyl groups is 1. The topological polar surface area (TPSA) is 63.1 Å². The average Bonchev–Trinajstić information content (AvgIpc) is 3.44. The molecule has 1 radical (unpaired) electrons. The fraction of sp³-hybridized carbons (Fsp3) is 0.439. The Hall–Kier alpha value is -2.70. The standard InChI is InChI=1S/C28H29N2SSi.C13H24O2.Ir/c1-6-18(7-2)19-12-13-23-24(15-19)31-28-26(29-17-30-27(23)28)21-14-20-10-8-9-11-22(20)25(16-21)32(3,4)5;1-5-10(6-2)12(14)9-13(15)11(7-3)8-4;/h8-13,15-18H,6-7H2,1-5H3;9-11,14H,5-8H2,1-4H3;/q-1;;/b;12-9-;. The van der Waals surface area contributed by atoms with Gasteiger partial charge in [-0.25, -0.2) is 4.98 Å². The van der Waals surface area contributed by atoms with Gasteiger partial charge < -0.3 is 5.11 Å². The van der Waals surface area contributed by atoms with Crippen molar-refractivity contribution in [2.75, 3.05) is 0 Å². The Kier molecular flexibility index (Phi) is 14.7. The predicted octanol–water partition coefficient (Wildman–Crippen LogP) is 11.8. The number of benzene rings is 3. The van der Waals surface area contributed by atoms with Crippen LogP contribution in [0, 0.1) is 17.9 Å². The summed E-state index contributed by atoms with van der Waals surface area (Å²) in [5.74, 6) is 1.16. The number of thiophene rings is 1. The Labute approximate surface area is 306 Å². The van der Waals surface area contributed by atoms with Crippen molar-refractivity contribution in [1.29, 1.82) is 0 Å². The second kappa shape index (κ2) is 17.8. The summed E-state index contributed by atoms with van der Waals surface area (Å²) in [4.78, 5) is 21.2. The van der Waals surface area contributed by atoms with Gasteiger partial charge in [0.1, 0.15) is 6.33 Å². The zero-order chi connectivity index (χ0) is 34.3. The average molecular weight is 858 g/mol. The van der Waals surface area contributed by atoms with Crippen molar-refractivity contribution in [2.24, 2.45) is 11.8 Å². The van der Waals surface area contributed by atoms with Crippen molar-refractivity contribution in [3.63, 3.8) is 0 Å². The summed E-state index contributed by atoms with van der Waals surface area (Å²) in [5, 5.41) is 15.0. The molecule has 0 aliphatic heterocycles. The van der Waals surface area contributed by atoms with E-state index in [4.69, 9.17) is 9.97 Å². The monoisotopic (exact) mass is 858 g/mol. The van der Waals surface area contributed by atoms with Crippen LogP contribution in [-0.4, -0.2) is 28.9 Å². The number of hydrogen-bond donors (Lipinski definition) is 1. The minimum absolute atomic E-state index is 0. The molecule has 2 heterocycles. The molecule has 1 N–H and O–H groups in total. The third kappa shape index (κ3) is 8.90. The van der Waals surface area contributed by atoms with E-state index >= 15 is 0 Å². The molecule has 5 rings (SSSR count). The van der Waals surface area contributed by atoms with Crippen LogP contribution in [0.15, 0.2) is 66.7 Å². The molecule has 0 saturated heterocycles. The molecule has 5 aromatic rings. The van der Waals surface area contributed by atoms with E-state index in [9.17, 15) is 9.90 Å². The van der Waals surface area contributed by atoms with Crippen molar-refractivity contribution in [3.8, 4) is 11.3 Å². The number of carbonyl (C=O) groups is 1. The molecule has 0 aliphatic carbocycles. The molecule has 7 heteroatoms. The summed E-state index contributed by atoms with van der Waals surface area (Å²) in [6, 6.07) is 21.6. The Morgan fingerprint density at radius 3 is 2.10 bits per heavy atom. The smallest absolute Gasteiger partial charge is 0.162 e. The normalized spacial score (nSPS) is 12.2. The SMILES string of the molecule is CCC(CC)C(=O)/C=C(\O)C(CC)CC.CCC(CC)c1ccc2c(c1)sc1c(-c3[c-]c4ccccc4c([Si](C)(C)C)c3)ncnc12.[Ir]. The maximum atomic E-state index is 11.7. The van der Waals surface area contributed by atoms with E-state index in [-0.39, 0.29) is 43.5 Å². The molecular formula is C41H53IrN2O2SSi-. The van der Waals surface area contributed by atoms with Crippen LogP contribution in [0.5, 0.6) is 0 Å². The van der Waals surface area contributed by atoms with E-state index in [1.165, 1.54) is 50.5 Å². The Balaban J connectivity index is 0.000000334. The zero-order valence-corrected chi connectivity index (χ0v) is 34.5. The van der Waals surface area contributed by atoms with E-state index in [1.54, 1.807) is 6.33 Å². The molecule has 0 unspecified atom stereocenters. The fourth-order valence-corrected chi connectivity index (χ4v) is 9.37. The first-order valence-corrected chi connectivity index (χ1v) is 21.9. The third-order valence-corrected chi connectivity index (χ3v) is 12.8. The zero-order valence-electron chi connectivity index (χ0n) is 30.2. The van der Waals surface area contributed by atoms with Crippen LogP contribution in [0.4, 0.5) is 0 Å². The maximum absolute atomic E-state index is 11.7. The van der Waals surface area contributed by atoms with E-state index in [0.29, 0.717) is 5.92 Å². The summed E-state index contributed by atoms with van der Waals surface area (Å²) in [5.41, 5.74) is 4.58. The number of hydrogen-bond acceptors (Lipinski definition) is 5. The molecule has 0 amide bonds. The molecule has 259 valence electrons. The number of aromatic nitrogens is 2. The van der Waals surface area contributed by atoms with Crippen LogP contribution in [0.2, 0.25) is 19.6 Å². The van der Waals surface area contributed by atoms with E-state index < -0.39 is 8.07 Å². The first-order chi connectivity index (χ1) is 22.5. The van der Waals surface area contributed by atoms with Crippen molar-refractivity contribution in [2.45, 2.75) is 106 Å². The van der Waals surface area contributed by atoms with E-state index in [0.717, 1.165) is 47.2 Å². The Morgan fingerprint density at radius 2 is 1.50 bits per heavy atom. The predicted molar refractivity (Wildman–Crippen MR) is 207 cm³/mol. The number of allylic oxidation sites excluding steroid dienone is 2. The number of rotatable bonds is 12. The van der Waals surface area contributed by atoms with Gasteiger partial charge in [0, 0.05) is 58.5 Å². The van der Waals surface area contributed by atoms with Gasteiger partial charge in [-0.3, -0.25) is 9.78 Å². The fourth-order valence-electron chi connectivity index (χ4n) is 6.55. The number of carbonyl (C=O) groups excluding carboxylic acids is 1. The molecule has 2 aromatic heterocycles. The molecule has 0 bridgehead atoms. The maximum Gasteiger partial charge on any atom is 0.162 e. The molecule has 48 heavy (non-hydrogen) atoms. The summed E-state index contributed by atoms with van der Waals surface area (Å²) < 4.78 is 2.47. The van der Waals surface area contributed by atoms with Crippen LogP contribution in [-0.2, 0) is 24.9 Å². The van der Waals surface area contributed by atoms with Crippen molar-refractivity contribution in [3.05, 3.63) is 78.3 Å². The van der Waals surface area contributed by atoms with E-state index in [2.05, 4.69) is 88.1 Å². The Morgan fingerprint density at radius 1 is 0.854 bits per heavy atom. The molecule has 0 saturated carbocycles. The van der Waals surface area contributed by atoms with Gasteiger partial charge >= 0.3 is 0 Å². The first kappa shape index (κ1) is 39.7. The molecular weight excluding hydrogens is 805 g/mol. The molecule has 4 nitrogen and oxygen atoms in total. The first-order valence-electron chi connectivity index (χ1n) is 17.6. The van der Waals surface area contributed by atoms with Crippen LogP contribution in [0.25, 0.3) is 42.3 Å². The van der Waals surface area contributed by atoms with Gasteiger partial charge in [-0.1, -0.05) is 102 Å². The molecule has 0 spiro atoms. The van der Waals surface area contributed by atoms with Gasteiger partial charge in [0.2, 0.25) is 0 Å². The van der Waals surface area contributed by atoms with Crippen LogP contribution in [0.3, 0.4) is 0 Å². The minimum Gasteiger partial charge on any atom is -0.512 e. The second-order valence-corrected chi connectivity index (χ2v) is 19.8. The van der Waals surface area contributed by atoms with Crippen LogP contribution in [0.1, 0.15) is 91.5 Å². The van der Waals surface area contributed by atoms with Gasteiger partial charge in [-0.2, -0.15) is 0 Å². The molecule has 0 atom stereocenters. The summed E-state index contributed by atoms with van der Waals surface area (Å²) >= 11 is 1.82. The quantitative estimate of drug-likeness (QED) is 0.0588. The van der Waals surface area contributed by atoms with Crippen molar-refractivity contribution in [1.82, 2.24) is 9.97 Å². The number of aliphatic hydroxyl groups excluding tert-OH is 1. The van der Waals surface area contributed by atoms with Gasteiger partial charge in [-0.15, -0.1) is 40.1 Å². The second-order valence-electron chi connectivity index (χ2n) is 13.7. The van der Waals surface area contributed by atoms with Gasteiger partial charge in [0.25, 0.3) is 0 Å². The molecule has 0 fully saturated rings. The van der Waals surface area contributed by atoms with Crippen LogP contribution >= 0.6 is 11.3 Å². The summed E-state index contributed by atoms with van der Waals surface area (Å²) in [6.07, 6.45) is 8.96. The third-order valence-electron chi connectivity index (χ3n) is 9.65. The summed E-state index contributed by atoms with van der Waals surface area (Å²) in [7, 11) is -1.55. The molecule has 3 aromatic carbocycles. The van der Waals surface area contributed by atoms with Crippen molar-refractivity contribution >= 4 is 61.5 Å². The Bertz CT molecular complexity index is 1850. The number of fused-ring (bicyclic) bond motifs is 4.